The second-order valence-electron chi connectivity index (χ2n) is 3.16. The van der Waals surface area contributed by atoms with Crippen LogP contribution in [0.4, 0.5) is 5.82 Å². The molecule has 0 amide bonds. The van der Waals surface area contributed by atoms with Crippen LogP contribution in [0.1, 0.15) is 18.2 Å². The first kappa shape index (κ1) is 8.55. The average Bonchev–Trinajstić information content (AvgIpc) is 2.47. The van der Waals surface area contributed by atoms with Crippen molar-refractivity contribution >= 4 is 15.7 Å². The predicted octanol–water partition coefficient (Wildman–Crippen LogP) is -0.0864. The number of nitrogens with zero attached hydrogens (tertiary/aromatic N) is 2. The molecule has 0 unspecified atom stereocenters. The van der Waals surface area contributed by atoms with Crippen LogP contribution in [0.5, 0.6) is 0 Å². The Morgan fingerprint density at radius 1 is 1.54 bits per heavy atom. The van der Waals surface area contributed by atoms with Crippen LogP contribution < -0.4 is 5.73 Å². The van der Waals surface area contributed by atoms with E-state index in [1.54, 1.807) is 4.68 Å². The second-order valence-corrected chi connectivity index (χ2v) is 5.22. The Morgan fingerprint density at radius 2 is 2.23 bits per heavy atom. The zero-order chi connectivity index (χ0) is 9.64. The van der Waals surface area contributed by atoms with E-state index >= 15 is 0 Å². The molecule has 2 N–H and O–H groups in total. The minimum atomic E-state index is -2.97. The summed E-state index contributed by atoms with van der Waals surface area (Å²) in [6, 6.07) is 0. The van der Waals surface area contributed by atoms with Gasteiger partial charge in [-0.1, -0.05) is 0 Å². The lowest BCUT2D eigenvalue weighted by Crippen LogP contribution is -2.07. The summed E-state index contributed by atoms with van der Waals surface area (Å²) < 4.78 is 24.0. The minimum Gasteiger partial charge on any atom is -0.384 e. The summed E-state index contributed by atoms with van der Waals surface area (Å²) in [6.07, 6.45) is 0. The number of hydrogen-bond acceptors (Lipinski definition) is 4. The van der Waals surface area contributed by atoms with E-state index in [1.165, 1.54) is 0 Å². The number of nitrogens with two attached hydrogens (primary N) is 1. The smallest absolute Gasteiger partial charge is 0.160 e. The van der Waals surface area contributed by atoms with Gasteiger partial charge in [0.1, 0.15) is 5.82 Å². The molecule has 0 bridgehead atoms. The Balaban J connectivity index is 2.53. The zero-order valence-corrected chi connectivity index (χ0v) is 8.13. The van der Waals surface area contributed by atoms with Crippen molar-refractivity contribution in [3.63, 3.8) is 0 Å². The number of nitrogen functional groups attached to an aromatic ring is 1. The van der Waals surface area contributed by atoms with Gasteiger partial charge < -0.3 is 5.73 Å². The third kappa shape index (κ3) is 1.21. The molecule has 5 nitrogen and oxygen atoms in total. The predicted molar refractivity (Wildman–Crippen MR) is 48.6 cm³/mol. The third-order valence-electron chi connectivity index (χ3n) is 2.20. The van der Waals surface area contributed by atoms with Crippen molar-refractivity contribution in [2.75, 3.05) is 5.73 Å². The van der Waals surface area contributed by atoms with Crippen molar-refractivity contribution in [2.24, 2.45) is 0 Å². The fourth-order valence-electron chi connectivity index (χ4n) is 1.56. The van der Waals surface area contributed by atoms with E-state index in [4.69, 9.17) is 5.73 Å². The second kappa shape index (κ2) is 2.47. The van der Waals surface area contributed by atoms with Gasteiger partial charge in [-0.15, -0.1) is 0 Å². The van der Waals surface area contributed by atoms with Crippen LogP contribution in [0, 0.1) is 0 Å². The van der Waals surface area contributed by atoms with Crippen molar-refractivity contribution < 1.29 is 8.42 Å². The molecule has 0 fully saturated rings. The minimum absolute atomic E-state index is 0.0412. The molecule has 0 radical (unpaired) electrons. The number of rotatable bonds is 1. The SMILES string of the molecule is CCn1nc2c(c1N)CS(=O)(=O)C2. The summed E-state index contributed by atoms with van der Waals surface area (Å²) >= 11 is 0. The van der Waals surface area contributed by atoms with Crippen LogP contribution in [0.25, 0.3) is 0 Å². The molecule has 1 aromatic rings. The Labute approximate surface area is 76.5 Å². The maximum atomic E-state index is 11.2. The zero-order valence-electron chi connectivity index (χ0n) is 7.32. The van der Waals surface area contributed by atoms with Gasteiger partial charge in [-0.2, -0.15) is 5.10 Å². The summed E-state index contributed by atoms with van der Waals surface area (Å²) in [5.74, 6) is 0.590. The van der Waals surface area contributed by atoms with Crippen molar-refractivity contribution in [1.82, 2.24) is 9.78 Å². The molecular formula is C7H11N3O2S. The highest BCUT2D eigenvalue weighted by molar-refractivity contribution is 7.90. The Kier molecular flexibility index (Phi) is 1.63. The molecule has 1 aliphatic rings. The van der Waals surface area contributed by atoms with Crippen LogP contribution in [0.2, 0.25) is 0 Å². The van der Waals surface area contributed by atoms with E-state index in [0.717, 1.165) is 0 Å². The summed E-state index contributed by atoms with van der Waals surface area (Å²) in [5, 5.41) is 4.12. The molecule has 1 aromatic heterocycles. The fourth-order valence-corrected chi connectivity index (χ4v) is 3.06. The largest absolute Gasteiger partial charge is 0.384 e. The van der Waals surface area contributed by atoms with Gasteiger partial charge >= 0.3 is 0 Å². The van der Waals surface area contributed by atoms with E-state index < -0.39 is 9.84 Å². The Bertz CT molecular complexity index is 447. The maximum absolute atomic E-state index is 11.2. The van der Waals surface area contributed by atoms with E-state index in [1.807, 2.05) is 6.92 Å². The fraction of sp³-hybridized carbons (Fsp3) is 0.571. The molecule has 0 aliphatic carbocycles. The van der Waals surface area contributed by atoms with Gasteiger partial charge in [0.2, 0.25) is 0 Å². The van der Waals surface area contributed by atoms with Crippen LogP contribution in [0.15, 0.2) is 0 Å². The van der Waals surface area contributed by atoms with Crippen LogP contribution in [-0.2, 0) is 27.9 Å². The molecule has 2 rings (SSSR count). The average molecular weight is 201 g/mol. The number of aryl methyl sites for hydroxylation is 1. The van der Waals surface area contributed by atoms with Gasteiger partial charge in [-0.05, 0) is 6.92 Å². The summed E-state index contributed by atoms with van der Waals surface area (Å²) in [6.45, 7) is 2.60. The summed E-state index contributed by atoms with van der Waals surface area (Å²) in [4.78, 5) is 0. The monoisotopic (exact) mass is 201 g/mol. The van der Waals surface area contributed by atoms with E-state index in [0.29, 0.717) is 23.6 Å². The molecule has 0 saturated heterocycles. The highest BCUT2D eigenvalue weighted by atomic mass is 32.2. The van der Waals surface area contributed by atoms with Gasteiger partial charge in [0.15, 0.2) is 9.84 Å². The van der Waals surface area contributed by atoms with Crippen molar-refractivity contribution in [3.8, 4) is 0 Å². The molecule has 0 aromatic carbocycles. The quantitative estimate of drug-likeness (QED) is 0.689. The number of hydrogen-bond donors (Lipinski definition) is 1. The van der Waals surface area contributed by atoms with Gasteiger partial charge in [0, 0.05) is 12.1 Å². The van der Waals surface area contributed by atoms with E-state index in [9.17, 15) is 8.42 Å². The number of anilines is 1. The van der Waals surface area contributed by atoms with E-state index in [-0.39, 0.29) is 11.5 Å². The standard InChI is InChI=1S/C7H11N3O2S/c1-2-10-7(8)5-3-13(11,12)4-6(5)9-10/h2-4,8H2,1H3. The first-order valence-corrected chi connectivity index (χ1v) is 5.90. The molecule has 13 heavy (non-hydrogen) atoms. The molecule has 72 valence electrons. The maximum Gasteiger partial charge on any atom is 0.160 e. The van der Waals surface area contributed by atoms with Crippen LogP contribution >= 0.6 is 0 Å². The Morgan fingerprint density at radius 3 is 2.77 bits per heavy atom. The van der Waals surface area contributed by atoms with Crippen molar-refractivity contribution in [2.45, 2.75) is 25.0 Å². The molecule has 0 atom stereocenters. The number of aromatic nitrogens is 2. The first-order chi connectivity index (χ1) is 6.03. The highest BCUT2D eigenvalue weighted by Gasteiger charge is 2.30. The highest BCUT2D eigenvalue weighted by Crippen LogP contribution is 2.28. The molecular weight excluding hydrogens is 190 g/mol. The van der Waals surface area contributed by atoms with Gasteiger partial charge in [-0.3, -0.25) is 0 Å². The van der Waals surface area contributed by atoms with Crippen LogP contribution in [0.3, 0.4) is 0 Å². The first-order valence-electron chi connectivity index (χ1n) is 4.08. The summed E-state index contributed by atoms with van der Waals surface area (Å²) in [5.41, 5.74) is 7.04. The lowest BCUT2D eigenvalue weighted by molar-refractivity contribution is 0.595. The van der Waals surface area contributed by atoms with Gasteiger partial charge in [-0.25, -0.2) is 13.1 Å². The van der Waals surface area contributed by atoms with Crippen molar-refractivity contribution in [1.29, 1.82) is 0 Å². The molecule has 0 saturated carbocycles. The summed E-state index contributed by atoms with van der Waals surface area (Å²) in [7, 11) is -2.97. The lowest BCUT2D eigenvalue weighted by atomic mass is 10.3. The molecule has 0 spiro atoms. The van der Waals surface area contributed by atoms with Crippen molar-refractivity contribution in [3.05, 3.63) is 11.3 Å². The lowest BCUT2D eigenvalue weighted by Gasteiger charge is -2.00. The van der Waals surface area contributed by atoms with Gasteiger partial charge in [0.05, 0.1) is 17.2 Å². The van der Waals surface area contributed by atoms with Crippen LogP contribution in [-0.4, -0.2) is 18.2 Å². The number of fused-ring (bicyclic) bond motifs is 1. The Hall–Kier alpha value is -1.04. The molecule has 2 heterocycles. The number of sulfone groups is 1. The molecule has 6 heteroatoms. The molecule has 1 aliphatic heterocycles. The topological polar surface area (TPSA) is 78.0 Å². The normalized spacial score (nSPS) is 18.8. The van der Waals surface area contributed by atoms with Gasteiger partial charge in [0.25, 0.3) is 0 Å². The third-order valence-corrected chi connectivity index (χ3v) is 3.64. The van der Waals surface area contributed by atoms with E-state index in [2.05, 4.69) is 5.10 Å².